The highest BCUT2D eigenvalue weighted by Crippen LogP contribution is 2.63. The minimum atomic E-state index is 0.156. The van der Waals surface area contributed by atoms with Gasteiger partial charge in [-0.25, -0.2) is 0 Å². The topological polar surface area (TPSA) is 12.0 Å². The van der Waals surface area contributed by atoms with Gasteiger partial charge in [0.1, 0.15) is 0 Å². The lowest BCUT2D eigenvalue weighted by molar-refractivity contribution is 0.114. The number of benzene rings is 2. The van der Waals surface area contributed by atoms with Crippen LogP contribution in [0.1, 0.15) is 75.3 Å². The highest BCUT2D eigenvalue weighted by Gasteiger charge is 2.61. The molecule has 1 heteroatoms. The minimum Gasteiger partial charge on any atom is -0.313 e. The van der Waals surface area contributed by atoms with E-state index in [-0.39, 0.29) is 5.41 Å². The Kier molecular flexibility index (Phi) is 5.43. The molecule has 2 aromatic rings. The van der Waals surface area contributed by atoms with Crippen molar-refractivity contribution in [3.05, 3.63) is 71.8 Å². The van der Waals surface area contributed by atoms with Crippen molar-refractivity contribution < 1.29 is 0 Å². The maximum atomic E-state index is 4.16. The van der Waals surface area contributed by atoms with Crippen LogP contribution in [0.15, 0.2) is 60.7 Å². The van der Waals surface area contributed by atoms with Crippen LogP contribution in [0.5, 0.6) is 0 Å². The minimum absolute atomic E-state index is 0.156. The monoisotopic (exact) mass is 413 g/mol. The van der Waals surface area contributed by atoms with E-state index in [4.69, 9.17) is 0 Å². The molecule has 6 rings (SSSR count). The molecule has 4 fully saturated rings. The number of nitrogens with one attached hydrogen (secondary N) is 1. The van der Waals surface area contributed by atoms with Gasteiger partial charge in [-0.15, -0.1) is 0 Å². The Hall–Kier alpha value is -1.60. The summed E-state index contributed by atoms with van der Waals surface area (Å²) in [7, 11) is 0. The molecule has 3 saturated carbocycles. The van der Waals surface area contributed by atoms with Crippen molar-refractivity contribution in [2.75, 3.05) is 6.54 Å². The first-order chi connectivity index (χ1) is 15.4. The molecule has 31 heavy (non-hydrogen) atoms. The second-order valence-corrected chi connectivity index (χ2v) is 11.0. The summed E-state index contributed by atoms with van der Waals surface area (Å²) < 4.78 is 0. The Morgan fingerprint density at radius 2 is 1.13 bits per heavy atom. The number of rotatable bonds is 4. The van der Waals surface area contributed by atoms with Crippen LogP contribution in [0.3, 0.4) is 0 Å². The molecule has 5 unspecified atom stereocenters. The zero-order valence-electron chi connectivity index (χ0n) is 19.0. The number of fused-ring (bicyclic) bond motifs is 3. The van der Waals surface area contributed by atoms with Crippen LogP contribution in [-0.2, 0) is 5.41 Å². The van der Waals surface area contributed by atoms with E-state index in [9.17, 15) is 0 Å². The Morgan fingerprint density at radius 1 is 0.581 bits per heavy atom. The third kappa shape index (κ3) is 3.14. The van der Waals surface area contributed by atoms with Gasteiger partial charge < -0.3 is 5.32 Å². The van der Waals surface area contributed by atoms with E-state index in [1.165, 1.54) is 70.8 Å². The highest BCUT2D eigenvalue weighted by molar-refractivity contribution is 5.44. The van der Waals surface area contributed by atoms with Crippen LogP contribution < -0.4 is 5.32 Å². The van der Waals surface area contributed by atoms with Crippen molar-refractivity contribution in [1.82, 2.24) is 5.32 Å². The molecule has 0 aromatic heterocycles. The zero-order valence-corrected chi connectivity index (χ0v) is 19.0. The van der Waals surface area contributed by atoms with Gasteiger partial charge >= 0.3 is 0 Å². The molecule has 3 aliphatic carbocycles. The molecule has 0 radical (unpaired) electrons. The summed E-state index contributed by atoms with van der Waals surface area (Å²) in [6.07, 6.45) is 14.3. The summed E-state index contributed by atoms with van der Waals surface area (Å²) >= 11 is 0. The van der Waals surface area contributed by atoms with Gasteiger partial charge in [-0.2, -0.15) is 0 Å². The van der Waals surface area contributed by atoms with Gasteiger partial charge in [0.05, 0.1) is 0 Å². The Labute approximate surface area is 189 Å². The van der Waals surface area contributed by atoms with Gasteiger partial charge in [0, 0.05) is 11.5 Å². The summed E-state index contributed by atoms with van der Waals surface area (Å²) in [6.45, 7) is 1.22. The first-order valence-electron chi connectivity index (χ1n) is 13.2. The molecule has 1 saturated heterocycles. The SMILES string of the molecule is c1ccc(C(c2ccccc2)(C2CCCC2)C2C3CCCCC3C3CCCNC32)cc1. The molecule has 1 N–H and O–H groups in total. The van der Waals surface area contributed by atoms with Gasteiger partial charge in [0.15, 0.2) is 0 Å². The maximum absolute atomic E-state index is 4.16. The molecule has 2 aromatic carbocycles. The fourth-order valence-electron chi connectivity index (χ4n) is 8.97. The zero-order chi connectivity index (χ0) is 20.7. The molecule has 0 bridgehead atoms. The Balaban J connectivity index is 1.59. The quantitative estimate of drug-likeness (QED) is 0.571. The second kappa shape index (κ2) is 8.39. The average molecular weight is 414 g/mol. The summed E-state index contributed by atoms with van der Waals surface area (Å²) in [5, 5.41) is 4.16. The van der Waals surface area contributed by atoms with Crippen molar-refractivity contribution >= 4 is 0 Å². The molecule has 164 valence electrons. The van der Waals surface area contributed by atoms with Crippen molar-refractivity contribution in [2.24, 2.45) is 29.6 Å². The molecular weight excluding hydrogens is 374 g/mol. The normalized spacial score (nSPS) is 33.7. The van der Waals surface area contributed by atoms with Gasteiger partial charge in [-0.05, 0) is 85.8 Å². The van der Waals surface area contributed by atoms with E-state index in [0.717, 1.165) is 29.6 Å². The van der Waals surface area contributed by atoms with Gasteiger partial charge in [-0.3, -0.25) is 0 Å². The summed E-state index contributed by atoms with van der Waals surface area (Å²) in [5.74, 6) is 4.24. The first kappa shape index (κ1) is 20.0. The van der Waals surface area contributed by atoms with Crippen LogP contribution in [0.4, 0.5) is 0 Å². The van der Waals surface area contributed by atoms with Crippen molar-refractivity contribution in [3.63, 3.8) is 0 Å². The number of hydrogen-bond donors (Lipinski definition) is 1. The summed E-state index contributed by atoms with van der Waals surface area (Å²) in [6, 6.07) is 24.3. The van der Waals surface area contributed by atoms with Crippen molar-refractivity contribution in [2.45, 2.75) is 75.7 Å². The van der Waals surface area contributed by atoms with Gasteiger partial charge in [-0.1, -0.05) is 86.3 Å². The Bertz CT molecular complexity index is 791. The molecule has 0 amide bonds. The lowest BCUT2D eigenvalue weighted by atomic mass is 9.53. The van der Waals surface area contributed by atoms with E-state index >= 15 is 0 Å². The third-order valence-corrected chi connectivity index (χ3v) is 9.86. The highest BCUT2D eigenvalue weighted by atomic mass is 15.0. The van der Waals surface area contributed by atoms with E-state index in [1.807, 2.05) is 0 Å². The number of piperidine rings is 1. The standard InChI is InChI=1S/C30H39N/c1-3-12-22(13-4-1)30(24-16-7-8-17-24,23-14-5-2-6-15-23)28-26-19-10-9-18-25(26)27-20-11-21-31-29(27)28/h1-6,12-15,24-29,31H,7-11,16-21H2. The van der Waals surface area contributed by atoms with Gasteiger partial charge in [0.25, 0.3) is 0 Å². The lowest BCUT2D eigenvalue weighted by Gasteiger charge is -2.51. The van der Waals surface area contributed by atoms with E-state index in [2.05, 4.69) is 66.0 Å². The van der Waals surface area contributed by atoms with Crippen LogP contribution >= 0.6 is 0 Å². The van der Waals surface area contributed by atoms with Crippen LogP contribution in [0.25, 0.3) is 0 Å². The predicted molar refractivity (Wildman–Crippen MR) is 129 cm³/mol. The van der Waals surface area contributed by atoms with Crippen molar-refractivity contribution in [1.29, 1.82) is 0 Å². The smallest absolute Gasteiger partial charge is 0.0276 e. The fourth-order valence-corrected chi connectivity index (χ4v) is 8.97. The molecule has 5 atom stereocenters. The molecule has 4 aliphatic rings. The summed E-state index contributed by atoms with van der Waals surface area (Å²) in [5.41, 5.74) is 3.37. The molecule has 1 nitrogen and oxygen atoms in total. The Morgan fingerprint density at radius 3 is 1.77 bits per heavy atom. The average Bonchev–Trinajstić information content (AvgIpc) is 3.49. The second-order valence-electron chi connectivity index (χ2n) is 11.0. The van der Waals surface area contributed by atoms with E-state index < -0.39 is 0 Å². The van der Waals surface area contributed by atoms with E-state index in [0.29, 0.717) is 6.04 Å². The largest absolute Gasteiger partial charge is 0.313 e. The van der Waals surface area contributed by atoms with Crippen LogP contribution in [0.2, 0.25) is 0 Å². The van der Waals surface area contributed by atoms with Gasteiger partial charge in [0.2, 0.25) is 0 Å². The third-order valence-electron chi connectivity index (χ3n) is 9.86. The summed E-state index contributed by atoms with van der Waals surface area (Å²) in [4.78, 5) is 0. The number of hydrogen-bond acceptors (Lipinski definition) is 1. The van der Waals surface area contributed by atoms with Crippen LogP contribution in [0, 0.1) is 29.6 Å². The molecule has 1 heterocycles. The maximum Gasteiger partial charge on any atom is 0.0276 e. The lowest BCUT2D eigenvalue weighted by Crippen LogP contribution is -2.54. The molecule has 0 spiro atoms. The predicted octanol–water partition coefficient (Wildman–Crippen LogP) is 6.97. The molecule has 1 aliphatic heterocycles. The fraction of sp³-hybridized carbons (Fsp3) is 0.600. The van der Waals surface area contributed by atoms with E-state index in [1.54, 1.807) is 11.1 Å². The molecular formula is C30H39N. The van der Waals surface area contributed by atoms with Crippen molar-refractivity contribution in [3.8, 4) is 0 Å². The van der Waals surface area contributed by atoms with Crippen LogP contribution in [-0.4, -0.2) is 12.6 Å². The first-order valence-corrected chi connectivity index (χ1v) is 13.2.